The minimum absolute atomic E-state index is 0.0130. The molecule has 1 fully saturated rings. The van der Waals surface area contributed by atoms with Gasteiger partial charge in [-0.05, 0) is 29.7 Å². The Morgan fingerprint density at radius 3 is 2.00 bits per heavy atom. The van der Waals surface area contributed by atoms with E-state index in [1.165, 1.54) is 4.90 Å². The second kappa shape index (κ2) is 11.4. The molecule has 6 rings (SSSR count). The Labute approximate surface area is 245 Å². The number of aryl methyl sites for hydroxylation is 1. The van der Waals surface area contributed by atoms with E-state index in [1.54, 1.807) is 0 Å². The van der Waals surface area contributed by atoms with E-state index in [4.69, 9.17) is 18.1 Å². The molecule has 3 unspecified atom stereocenters. The van der Waals surface area contributed by atoms with Crippen LogP contribution in [0.1, 0.15) is 34.4 Å². The number of anilines is 1. The highest BCUT2D eigenvalue weighted by atomic mass is 32.2. The highest BCUT2D eigenvalue weighted by Crippen LogP contribution is 2.42. The number of carbonyl (C=O) groups excluding carboxylic acids is 1. The Kier molecular flexibility index (Phi) is 7.63. The van der Waals surface area contributed by atoms with Gasteiger partial charge in [-0.15, -0.1) is 0 Å². The maximum Gasteiger partial charge on any atom is 0.326 e. The van der Waals surface area contributed by atoms with Crippen LogP contribution in [0.5, 0.6) is 0 Å². The van der Waals surface area contributed by atoms with Gasteiger partial charge in [0, 0.05) is 12.0 Å². The van der Waals surface area contributed by atoms with E-state index >= 15 is 0 Å². The summed E-state index contributed by atoms with van der Waals surface area (Å²) >= 11 is 0. The lowest BCUT2D eigenvalue weighted by molar-refractivity contribution is -0.101. The molecule has 0 radical (unpaired) electrons. The number of fused-ring (bicyclic) bond motifs is 1. The fraction of sp³-hybridized carbons (Fsp3) is 0.281. The molecule has 9 nitrogen and oxygen atoms in total. The van der Waals surface area contributed by atoms with Crippen molar-refractivity contribution in [2.45, 2.75) is 43.9 Å². The molecule has 2 aliphatic rings. The lowest BCUT2D eigenvalue weighted by Gasteiger charge is -2.37. The number of rotatable bonds is 9. The molecule has 10 heteroatoms. The first-order valence-corrected chi connectivity index (χ1v) is 15.6. The van der Waals surface area contributed by atoms with Gasteiger partial charge in [-0.2, -0.15) is 8.42 Å². The summed E-state index contributed by atoms with van der Waals surface area (Å²) in [5.41, 5.74) is 2.47. The first-order valence-electron chi connectivity index (χ1n) is 13.7. The second-order valence-electron chi connectivity index (χ2n) is 10.6. The number of amides is 2. The molecule has 4 aromatic rings. The van der Waals surface area contributed by atoms with Crippen molar-refractivity contribution in [2.75, 3.05) is 18.2 Å². The van der Waals surface area contributed by atoms with E-state index in [1.807, 2.05) is 104 Å². The summed E-state index contributed by atoms with van der Waals surface area (Å²) < 4.78 is 48.9. The predicted octanol–water partition coefficient (Wildman–Crippen LogP) is 5.40. The van der Waals surface area contributed by atoms with Gasteiger partial charge >= 0.3 is 6.03 Å². The van der Waals surface area contributed by atoms with E-state index in [2.05, 4.69) is 5.32 Å². The zero-order valence-electron chi connectivity index (χ0n) is 23.3. The van der Waals surface area contributed by atoms with Gasteiger partial charge in [-0.25, -0.2) is 4.79 Å². The average Bonchev–Trinajstić information content (AvgIpc) is 3.55. The van der Waals surface area contributed by atoms with Crippen LogP contribution in [0.4, 0.5) is 10.7 Å². The van der Waals surface area contributed by atoms with E-state index in [9.17, 15) is 13.2 Å². The summed E-state index contributed by atoms with van der Waals surface area (Å²) in [7, 11) is -3.83. The minimum atomic E-state index is -3.83. The van der Waals surface area contributed by atoms with Crippen molar-refractivity contribution in [1.82, 2.24) is 4.90 Å². The Balaban J connectivity index is 1.34. The topological polar surface area (TPSA) is 107 Å². The van der Waals surface area contributed by atoms with Gasteiger partial charge < -0.3 is 13.9 Å². The van der Waals surface area contributed by atoms with Crippen LogP contribution in [-0.4, -0.2) is 50.6 Å². The monoisotopic (exact) mass is 588 g/mol. The minimum Gasteiger partial charge on any atom is -0.445 e. The largest absolute Gasteiger partial charge is 0.445 e. The number of urea groups is 1. The summed E-state index contributed by atoms with van der Waals surface area (Å²) in [5.74, 6) is 1.09. The smallest absolute Gasteiger partial charge is 0.326 e. The number of benzene rings is 3. The van der Waals surface area contributed by atoms with Gasteiger partial charge in [0.05, 0.1) is 19.4 Å². The second-order valence-corrected chi connectivity index (χ2v) is 12.2. The Morgan fingerprint density at radius 1 is 0.929 bits per heavy atom. The normalized spacial score (nSPS) is 20.8. The van der Waals surface area contributed by atoms with Crippen LogP contribution >= 0.6 is 0 Å². The van der Waals surface area contributed by atoms with Crippen molar-refractivity contribution in [1.29, 1.82) is 0 Å². The number of furan rings is 1. The molecule has 0 aliphatic carbocycles. The molecule has 2 amide bonds. The first-order chi connectivity index (χ1) is 20.2. The maximum absolute atomic E-state index is 13.0. The number of nitrogens with one attached hydrogen (secondary N) is 1. The molecule has 3 heterocycles. The summed E-state index contributed by atoms with van der Waals surface area (Å²) in [6.07, 6.45) is -1.25. The summed E-state index contributed by atoms with van der Waals surface area (Å²) in [6, 6.07) is 31.1. The van der Waals surface area contributed by atoms with Crippen LogP contribution in [0.15, 0.2) is 101 Å². The van der Waals surface area contributed by atoms with Crippen LogP contribution < -0.4 is 5.32 Å². The Bertz CT molecular complexity index is 1550. The molecule has 1 aromatic heterocycles. The van der Waals surface area contributed by atoms with Crippen molar-refractivity contribution in [2.24, 2.45) is 0 Å². The molecule has 1 N–H and O–H groups in total. The van der Waals surface area contributed by atoms with E-state index < -0.39 is 40.2 Å². The molecular weight excluding hydrogens is 556 g/mol. The van der Waals surface area contributed by atoms with Crippen molar-refractivity contribution in [3.05, 3.63) is 125 Å². The van der Waals surface area contributed by atoms with Crippen LogP contribution in [0.3, 0.4) is 0 Å². The first kappa shape index (κ1) is 28.2. The highest BCUT2D eigenvalue weighted by molar-refractivity contribution is 7.86. The van der Waals surface area contributed by atoms with Crippen LogP contribution in [0, 0.1) is 6.92 Å². The highest BCUT2D eigenvalue weighted by Gasteiger charge is 2.46. The average molecular weight is 589 g/mol. The SMILES string of the molecule is Cc1cc2c(o1)NC(=O)N(C1CC(OS(C)(=O)=O)C(COC(c3ccccc3)(c3ccccc3)c3ccccc3)O1)C2. The number of nitrogens with zero attached hydrogens (tertiary/aromatic N) is 1. The predicted molar refractivity (Wildman–Crippen MR) is 156 cm³/mol. The van der Waals surface area contributed by atoms with E-state index in [0.29, 0.717) is 11.6 Å². The maximum atomic E-state index is 13.0. The fourth-order valence-electron chi connectivity index (χ4n) is 5.79. The lowest BCUT2D eigenvalue weighted by Crippen LogP contribution is -2.45. The van der Waals surface area contributed by atoms with Gasteiger partial charge in [0.1, 0.15) is 29.8 Å². The molecule has 0 spiro atoms. The Hall–Kier alpha value is -3.96. The standard InChI is InChI=1S/C32H32N2O7S/c1-22-18-23-20-34(31(35)33-30(23)39-22)29-19-27(41-42(2,36)37)28(40-29)21-38-32(24-12-6-3-7-13-24,25-14-8-4-9-15-25)26-16-10-5-11-17-26/h3-18,27-29H,19-21H2,1-2H3,(H,33,35). The van der Waals surface area contributed by atoms with Gasteiger partial charge in [0.25, 0.3) is 10.1 Å². The van der Waals surface area contributed by atoms with E-state index in [0.717, 1.165) is 28.5 Å². The number of carbonyl (C=O) groups is 1. The molecule has 0 bridgehead atoms. The molecule has 1 saturated heterocycles. The molecular formula is C32H32N2O7S. The van der Waals surface area contributed by atoms with Gasteiger partial charge in [-0.1, -0.05) is 91.0 Å². The number of ether oxygens (including phenoxy) is 2. The third-order valence-corrected chi connectivity index (χ3v) is 8.18. The lowest BCUT2D eigenvalue weighted by atomic mass is 9.80. The zero-order valence-corrected chi connectivity index (χ0v) is 24.1. The van der Waals surface area contributed by atoms with Gasteiger partial charge in [-0.3, -0.25) is 14.4 Å². The van der Waals surface area contributed by atoms with Crippen LogP contribution in [0.2, 0.25) is 0 Å². The molecule has 2 aliphatic heterocycles. The van der Waals surface area contributed by atoms with E-state index in [-0.39, 0.29) is 19.6 Å². The van der Waals surface area contributed by atoms with Gasteiger partial charge in [0.2, 0.25) is 5.88 Å². The van der Waals surface area contributed by atoms with Crippen molar-refractivity contribution >= 4 is 22.0 Å². The number of hydrogen-bond acceptors (Lipinski definition) is 7. The van der Waals surface area contributed by atoms with Crippen molar-refractivity contribution in [3.8, 4) is 0 Å². The summed E-state index contributed by atoms with van der Waals surface area (Å²) in [6.45, 7) is 2.05. The third kappa shape index (κ3) is 5.58. The Morgan fingerprint density at radius 2 is 1.48 bits per heavy atom. The number of hydrogen-bond donors (Lipinski definition) is 1. The van der Waals surface area contributed by atoms with Crippen LogP contribution in [-0.2, 0) is 35.9 Å². The molecule has 3 aromatic carbocycles. The van der Waals surface area contributed by atoms with Crippen LogP contribution in [0.25, 0.3) is 0 Å². The molecule has 218 valence electrons. The molecule has 3 atom stereocenters. The molecule has 0 saturated carbocycles. The fourth-order valence-corrected chi connectivity index (χ4v) is 6.44. The van der Waals surface area contributed by atoms with Crippen molar-refractivity contribution < 1.29 is 31.3 Å². The quantitative estimate of drug-likeness (QED) is 0.206. The summed E-state index contributed by atoms with van der Waals surface area (Å²) in [5, 5.41) is 2.76. The third-order valence-electron chi connectivity index (χ3n) is 7.59. The molecule has 42 heavy (non-hydrogen) atoms. The van der Waals surface area contributed by atoms with Crippen molar-refractivity contribution in [3.63, 3.8) is 0 Å². The zero-order chi connectivity index (χ0) is 29.3. The summed E-state index contributed by atoms with van der Waals surface area (Å²) in [4.78, 5) is 14.5. The van der Waals surface area contributed by atoms with Gasteiger partial charge in [0.15, 0.2) is 0 Å².